The number of hydrogen-bond donors (Lipinski definition) is 0. The van der Waals surface area contributed by atoms with Crippen molar-refractivity contribution >= 4 is 39.6 Å². The number of fused-ring (bicyclic) bond motifs is 1. The van der Waals surface area contributed by atoms with Crippen LogP contribution in [0.2, 0.25) is 0 Å². The highest BCUT2D eigenvalue weighted by Gasteiger charge is 2.20. The molecule has 3 nitrogen and oxygen atoms in total. The molecule has 0 radical (unpaired) electrons. The lowest BCUT2D eigenvalue weighted by molar-refractivity contribution is 0.0544. The summed E-state index contributed by atoms with van der Waals surface area (Å²) in [7, 11) is 0. The molecule has 0 N–H and O–H groups in total. The maximum absolute atomic E-state index is 12.3. The van der Waals surface area contributed by atoms with Gasteiger partial charge in [-0.15, -0.1) is 6.58 Å². The molecule has 0 unspecified atom stereocenters. The highest BCUT2D eigenvalue weighted by molar-refractivity contribution is 14.1. The number of aromatic nitrogens is 1. The van der Waals surface area contributed by atoms with Gasteiger partial charge in [-0.05, 0) is 61.4 Å². The largest absolute Gasteiger partial charge is 0.443 e. The Kier molecular flexibility index (Phi) is 4.22. The van der Waals surface area contributed by atoms with Crippen LogP contribution in [0.15, 0.2) is 37.1 Å². The molecule has 106 valence electrons. The topological polar surface area (TPSA) is 31.2 Å². The second kappa shape index (κ2) is 5.60. The van der Waals surface area contributed by atoms with E-state index in [1.54, 1.807) is 4.57 Å². The SMILES string of the molecule is C=CCc1cccc2c1c(I)cn2C(=O)OC(C)(C)C. The predicted molar refractivity (Wildman–Crippen MR) is 90.2 cm³/mol. The lowest BCUT2D eigenvalue weighted by Gasteiger charge is -2.19. The van der Waals surface area contributed by atoms with E-state index < -0.39 is 5.60 Å². The molecule has 1 heterocycles. The first-order valence-electron chi connectivity index (χ1n) is 6.46. The van der Waals surface area contributed by atoms with Crippen LogP contribution in [0.25, 0.3) is 10.9 Å². The summed E-state index contributed by atoms with van der Waals surface area (Å²) in [6, 6.07) is 5.96. The fourth-order valence-electron chi connectivity index (χ4n) is 2.10. The number of hydrogen-bond acceptors (Lipinski definition) is 2. The van der Waals surface area contributed by atoms with Crippen molar-refractivity contribution in [1.82, 2.24) is 4.57 Å². The zero-order valence-corrected chi connectivity index (χ0v) is 14.1. The lowest BCUT2D eigenvalue weighted by Crippen LogP contribution is -2.26. The summed E-state index contributed by atoms with van der Waals surface area (Å²) in [5.41, 5.74) is 1.55. The Morgan fingerprint density at radius 3 is 2.75 bits per heavy atom. The molecular formula is C16H18INO2. The molecule has 0 bridgehead atoms. The molecule has 2 rings (SSSR count). The standard InChI is InChI=1S/C16H18INO2/c1-5-7-11-8-6-9-13-14(11)12(17)10-18(13)15(19)20-16(2,3)4/h5-6,8-10H,1,7H2,2-4H3. The van der Waals surface area contributed by atoms with E-state index in [4.69, 9.17) is 4.74 Å². The maximum Gasteiger partial charge on any atom is 0.419 e. The second-order valence-electron chi connectivity index (χ2n) is 5.63. The molecule has 0 aliphatic carbocycles. The van der Waals surface area contributed by atoms with Crippen molar-refractivity contribution in [2.45, 2.75) is 32.8 Å². The zero-order valence-electron chi connectivity index (χ0n) is 11.9. The Labute approximate surface area is 132 Å². The van der Waals surface area contributed by atoms with Crippen LogP contribution in [-0.2, 0) is 11.2 Å². The maximum atomic E-state index is 12.3. The van der Waals surface area contributed by atoms with Gasteiger partial charge >= 0.3 is 6.09 Å². The van der Waals surface area contributed by atoms with Crippen molar-refractivity contribution in [3.63, 3.8) is 0 Å². The van der Waals surface area contributed by atoms with Gasteiger partial charge in [-0.1, -0.05) is 18.2 Å². The molecule has 0 atom stereocenters. The number of benzene rings is 1. The van der Waals surface area contributed by atoms with Gasteiger partial charge in [-0.3, -0.25) is 4.57 Å². The van der Waals surface area contributed by atoms with Crippen molar-refractivity contribution < 1.29 is 9.53 Å². The average molecular weight is 383 g/mol. The monoisotopic (exact) mass is 383 g/mol. The number of ether oxygens (including phenoxy) is 1. The summed E-state index contributed by atoms with van der Waals surface area (Å²) in [6.07, 6.45) is 4.13. The molecule has 0 aliphatic rings. The van der Waals surface area contributed by atoms with Gasteiger partial charge in [0.05, 0.1) is 5.52 Å². The predicted octanol–water partition coefficient (Wildman–Crippen LogP) is 4.76. The van der Waals surface area contributed by atoms with Gasteiger partial charge in [0.15, 0.2) is 0 Å². The van der Waals surface area contributed by atoms with Crippen molar-refractivity contribution in [3.8, 4) is 0 Å². The number of halogens is 1. The third-order valence-electron chi connectivity index (χ3n) is 2.82. The van der Waals surface area contributed by atoms with Crippen LogP contribution in [0.1, 0.15) is 26.3 Å². The van der Waals surface area contributed by atoms with E-state index in [-0.39, 0.29) is 6.09 Å². The molecule has 4 heteroatoms. The molecular weight excluding hydrogens is 365 g/mol. The normalized spacial score (nSPS) is 11.6. The van der Waals surface area contributed by atoms with Gasteiger partial charge in [0.1, 0.15) is 5.60 Å². The molecule has 0 aliphatic heterocycles. The van der Waals surface area contributed by atoms with E-state index in [9.17, 15) is 4.79 Å². The van der Waals surface area contributed by atoms with Gasteiger partial charge in [0.25, 0.3) is 0 Å². The average Bonchev–Trinajstić information content (AvgIpc) is 2.66. The van der Waals surface area contributed by atoms with Gasteiger partial charge in [0, 0.05) is 15.2 Å². The molecule has 0 saturated heterocycles. The Morgan fingerprint density at radius 1 is 1.45 bits per heavy atom. The molecule has 0 saturated carbocycles. The van der Waals surface area contributed by atoms with E-state index in [2.05, 4.69) is 35.2 Å². The van der Waals surface area contributed by atoms with Crippen LogP contribution in [0.4, 0.5) is 4.79 Å². The minimum atomic E-state index is -0.502. The number of nitrogens with zero attached hydrogens (tertiary/aromatic N) is 1. The number of carbonyl (C=O) groups excluding carboxylic acids is 1. The third kappa shape index (κ3) is 3.06. The van der Waals surface area contributed by atoms with Crippen LogP contribution in [0.5, 0.6) is 0 Å². The third-order valence-corrected chi connectivity index (χ3v) is 3.64. The molecule has 2 aromatic rings. The van der Waals surface area contributed by atoms with E-state index in [1.165, 1.54) is 5.56 Å². The molecule has 0 amide bonds. The number of carbonyl (C=O) groups is 1. The summed E-state index contributed by atoms with van der Waals surface area (Å²) in [5, 5.41) is 1.10. The van der Waals surface area contributed by atoms with Crippen LogP contribution >= 0.6 is 22.6 Å². The lowest BCUT2D eigenvalue weighted by atomic mass is 10.1. The van der Waals surface area contributed by atoms with Crippen LogP contribution < -0.4 is 0 Å². The summed E-state index contributed by atoms with van der Waals surface area (Å²) < 4.78 is 8.07. The van der Waals surface area contributed by atoms with Crippen molar-refractivity contribution in [2.24, 2.45) is 0 Å². The first-order chi connectivity index (χ1) is 9.33. The van der Waals surface area contributed by atoms with Crippen LogP contribution in [0, 0.1) is 3.57 Å². The number of rotatable bonds is 2. The Balaban J connectivity index is 2.54. The van der Waals surface area contributed by atoms with Crippen molar-refractivity contribution in [1.29, 1.82) is 0 Å². The summed E-state index contributed by atoms with van der Waals surface area (Å²) in [5.74, 6) is 0. The van der Waals surface area contributed by atoms with Crippen LogP contribution in [-0.4, -0.2) is 16.3 Å². The Bertz CT molecular complexity index is 665. The van der Waals surface area contributed by atoms with Gasteiger partial charge in [0.2, 0.25) is 0 Å². The highest BCUT2D eigenvalue weighted by atomic mass is 127. The Hall–Kier alpha value is -1.30. The molecule has 0 fully saturated rings. The second-order valence-corrected chi connectivity index (χ2v) is 6.79. The highest BCUT2D eigenvalue weighted by Crippen LogP contribution is 2.28. The fourth-order valence-corrected chi connectivity index (χ4v) is 3.00. The fraction of sp³-hybridized carbons (Fsp3) is 0.312. The zero-order chi connectivity index (χ0) is 14.9. The molecule has 0 spiro atoms. The van der Waals surface area contributed by atoms with E-state index in [0.29, 0.717) is 0 Å². The molecule has 1 aromatic carbocycles. The minimum absolute atomic E-state index is 0.346. The first-order valence-corrected chi connectivity index (χ1v) is 7.54. The van der Waals surface area contributed by atoms with Crippen LogP contribution in [0.3, 0.4) is 0 Å². The minimum Gasteiger partial charge on any atom is -0.443 e. The smallest absolute Gasteiger partial charge is 0.419 e. The quantitative estimate of drug-likeness (QED) is 0.553. The van der Waals surface area contributed by atoms with Crippen molar-refractivity contribution in [2.75, 3.05) is 0 Å². The number of allylic oxidation sites excluding steroid dienone is 1. The molecule has 20 heavy (non-hydrogen) atoms. The Morgan fingerprint density at radius 2 is 2.15 bits per heavy atom. The molecule has 1 aromatic heterocycles. The van der Waals surface area contributed by atoms with E-state index in [1.807, 2.05) is 45.2 Å². The van der Waals surface area contributed by atoms with Gasteiger partial charge in [-0.2, -0.15) is 0 Å². The van der Waals surface area contributed by atoms with Gasteiger partial charge in [-0.25, -0.2) is 4.79 Å². The van der Waals surface area contributed by atoms with E-state index >= 15 is 0 Å². The summed E-state index contributed by atoms with van der Waals surface area (Å²) >= 11 is 2.25. The van der Waals surface area contributed by atoms with Crippen molar-refractivity contribution in [3.05, 3.63) is 46.2 Å². The summed E-state index contributed by atoms with van der Waals surface area (Å²) in [6.45, 7) is 9.38. The summed E-state index contributed by atoms with van der Waals surface area (Å²) in [4.78, 5) is 12.3. The first kappa shape index (κ1) is 15.1. The van der Waals surface area contributed by atoms with E-state index in [0.717, 1.165) is 20.9 Å². The van der Waals surface area contributed by atoms with Gasteiger partial charge < -0.3 is 4.74 Å².